The fraction of sp³-hybridized carbons (Fsp3) is 0.750. The van der Waals surface area contributed by atoms with E-state index in [4.69, 9.17) is 0 Å². The van der Waals surface area contributed by atoms with Crippen LogP contribution in [0.25, 0.3) is 0 Å². The zero-order chi connectivity index (χ0) is 13.5. The fourth-order valence-corrected chi connectivity index (χ4v) is 4.64. The highest BCUT2D eigenvalue weighted by Gasteiger charge is 2.43. The molecule has 0 radical (unpaired) electrons. The molecule has 0 unspecified atom stereocenters. The number of anilines is 1. The lowest BCUT2D eigenvalue weighted by Crippen LogP contribution is -2.28. The fourth-order valence-electron chi connectivity index (χ4n) is 4.64. The average molecular weight is 273 g/mol. The van der Waals surface area contributed by atoms with Crippen molar-refractivity contribution < 1.29 is 4.79 Å². The van der Waals surface area contributed by atoms with Crippen molar-refractivity contribution in [1.29, 1.82) is 0 Å². The Morgan fingerprint density at radius 3 is 2.75 bits per heavy atom. The molecular weight excluding hydrogens is 250 g/mol. The van der Waals surface area contributed by atoms with E-state index in [0.717, 1.165) is 18.2 Å². The van der Waals surface area contributed by atoms with Crippen LogP contribution in [0.15, 0.2) is 12.3 Å². The summed E-state index contributed by atoms with van der Waals surface area (Å²) < 4.78 is 2.04. The Labute approximate surface area is 119 Å². The molecule has 3 saturated carbocycles. The van der Waals surface area contributed by atoms with Gasteiger partial charge in [-0.3, -0.25) is 4.79 Å². The van der Waals surface area contributed by atoms with Gasteiger partial charge in [0.1, 0.15) is 5.82 Å². The molecule has 3 atom stereocenters. The van der Waals surface area contributed by atoms with E-state index in [9.17, 15) is 4.79 Å². The Bertz CT molecular complexity index is 504. The maximum absolute atomic E-state index is 12.5. The van der Waals surface area contributed by atoms with Crippen LogP contribution in [0, 0.1) is 17.8 Å². The first-order chi connectivity index (χ1) is 9.81. The third kappa shape index (κ3) is 2.05. The van der Waals surface area contributed by atoms with E-state index in [1.165, 1.54) is 44.9 Å². The Kier molecular flexibility index (Phi) is 3.04. The molecule has 108 valence electrons. The Morgan fingerprint density at radius 1 is 1.20 bits per heavy atom. The van der Waals surface area contributed by atoms with Crippen molar-refractivity contribution in [2.45, 2.75) is 57.4 Å². The topological polar surface area (TPSA) is 46.9 Å². The van der Waals surface area contributed by atoms with Gasteiger partial charge in [0.05, 0.1) is 12.2 Å². The van der Waals surface area contributed by atoms with Gasteiger partial charge >= 0.3 is 0 Å². The van der Waals surface area contributed by atoms with Crippen LogP contribution in [0.5, 0.6) is 0 Å². The van der Waals surface area contributed by atoms with Crippen LogP contribution in [0.4, 0.5) is 5.82 Å². The van der Waals surface area contributed by atoms with Crippen molar-refractivity contribution in [2.75, 3.05) is 5.32 Å². The summed E-state index contributed by atoms with van der Waals surface area (Å²) in [4.78, 5) is 12.5. The van der Waals surface area contributed by atoms with Crippen LogP contribution < -0.4 is 5.32 Å². The molecule has 1 amide bonds. The van der Waals surface area contributed by atoms with Crippen LogP contribution >= 0.6 is 0 Å². The highest BCUT2D eigenvalue weighted by Crippen LogP contribution is 2.48. The predicted octanol–water partition coefficient (Wildman–Crippen LogP) is 3.37. The molecule has 2 bridgehead atoms. The van der Waals surface area contributed by atoms with Gasteiger partial charge in [-0.25, -0.2) is 4.68 Å². The van der Waals surface area contributed by atoms with E-state index >= 15 is 0 Å². The summed E-state index contributed by atoms with van der Waals surface area (Å²) in [7, 11) is 0. The highest BCUT2D eigenvalue weighted by atomic mass is 16.2. The van der Waals surface area contributed by atoms with E-state index in [1.807, 2.05) is 16.9 Å². The molecule has 3 aliphatic carbocycles. The number of fused-ring (bicyclic) bond motifs is 2. The van der Waals surface area contributed by atoms with Crippen molar-refractivity contribution in [3.63, 3.8) is 0 Å². The number of hydrogen-bond acceptors (Lipinski definition) is 2. The first-order valence-corrected chi connectivity index (χ1v) is 8.15. The average Bonchev–Trinajstić information content (AvgIpc) is 3.22. The number of carbonyl (C=O) groups is 1. The van der Waals surface area contributed by atoms with Gasteiger partial charge in [-0.05, 0) is 43.9 Å². The third-order valence-corrected chi connectivity index (χ3v) is 5.67. The Balaban J connectivity index is 1.46. The first kappa shape index (κ1) is 12.4. The van der Waals surface area contributed by atoms with E-state index < -0.39 is 0 Å². The third-order valence-electron chi connectivity index (χ3n) is 5.67. The van der Waals surface area contributed by atoms with Gasteiger partial charge < -0.3 is 5.32 Å². The lowest BCUT2D eigenvalue weighted by Gasteiger charge is -2.22. The summed E-state index contributed by atoms with van der Waals surface area (Å²) in [5, 5.41) is 7.58. The number of aromatic nitrogens is 2. The molecular formula is C16H23N3O. The second kappa shape index (κ2) is 4.90. The number of nitrogens with zero attached hydrogens (tertiary/aromatic N) is 2. The summed E-state index contributed by atoms with van der Waals surface area (Å²) in [6.07, 6.45) is 11.7. The minimum Gasteiger partial charge on any atom is -0.311 e. The molecule has 1 aromatic rings. The maximum Gasteiger partial charge on any atom is 0.228 e. The van der Waals surface area contributed by atoms with Gasteiger partial charge in [0, 0.05) is 12.0 Å². The molecule has 0 aliphatic heterocycles. The quantitative estimate of drug-likeness (QED) is 0.917. The molecule has 4 heteroatoms. The van der Waals surface area contributed by atoms with E-state index in [-0.39, 0.29) is 11.8 Å². The minimum absolute atomic E-state index is 0.233. The zero-order valence-corrected chi connectivity index (χ0v) is 11.9. The summed E-state index contributed by atoms with van der Waals surface area (Å²) in [6, 6.07) is 2.43. The van der Waals surface area contributed by atoms with Gasteiger partial charge in [0.25, 0.3) is 0 Å². The van der Waals surface area contributed by atoms with Gasteiger partial charge in [-0.15, -0.1) is 0 Å². The maximum atomic E-state index is 12.5. The SMILES string of the molecule is O=C(Nc1ccnn1C1CCCC1)[C@@H]1C[C@H]2CC[C@@H]1C2. The van der Waals surface area contributed by atoms with Crippen molar-refractivity contribution in [2.24, 2.45) is 17.8 Å². The van der Waals surface area contributed by atoms with Gasteiger partial charge in [-0.1, -0.05) is 19.3 Å². The van der Waals surface area contributed by atoms with Crippen molar-refractivity contribution in [3.05, 3.63) is 12.3 Å². The first-order valence-electron chi connectivity index (χ1n) is 8.15. The summed E-state index contributed by atoms with van der Waals surface area (Å²) in [6.45, 7) is 0. The lowest BCUT2D eigenvalue weighted by molar-refractivity contribution is -0.121. The molecule has 20 heavy (non-hydrogen) atoms. The largest absolute Gasteiger partial charge is 0.311 e. The molecule has 4 nitrogen and oxygen atoms in total. The highest BCUT2D eigenvalue weighted by molar-refractivity contribution is 5.92. The normalized spacial score (nSPS) is 32.9. The summed E-state index contributed by atoms with van der Waals surface area (Å²) in [5.41, 5.74) is 0. The minimum atomic E-state index is 0.233. The lowest BCUT2D eigenvalue weighted by atomic mass is 9.88. The molecule has 1 N–H and O–H groups in total. The van der Waals surface area contributed by atoms with Crippen LogP contribution in [-0.4, -0.2) is 15.7 Å². The number of hydrogen-bond donors (Lipinski definition) is 1. The molecule has 3 fully saturated rings. The van der Waals surface area contributed by atoms with Crippen molar-refractivity contribution in [3.8, 4) is 0 Å². The molecule has 1 heterocycles. The molecule has 1 aromatic heterocycles. The van der Waals surface area contributed by atoms with E-state index in [2.05, 4.69) is 10.4 Å². The second-order valence-electron chi connectivity index (χ2n) is 6.87. The van der Waals surface area contributed by atoms with Gasteiger partial charge in [0.2, 0.25) is 5.91 Å². The van der Waals surface area contributed by atoms with Crippen LogP contribution in [0.2, 0.25) is 0 Å². The predicted molar refractivity (Wildman–Crippen MR) is 77.3 cm³/mol. The standard InChI is InChI=1S/C16H23N3O/c20-16(14-10-11-5-6-12(14)9-11)18-15-7-8-17-19(15)13-3-1-2-4-13/h7-8,11-14H,1-6,9-10H2,(H,18,20)/t11-,12+,14+/m0/s1. The molecule has 0 saturated heterocycles. The number of carbonyl (C=O) groups excluding carboxylic acids is 1. The molecule has 3 aliphatic rings. The van der Waals surface area contributed by atoms with E-state index in [1.54, 1.807) is 0 Å². The van der Waals surface area contributed by atoms with Crippen LogP contribution in [-0.2, 0) is 4.79 Å². The molecule has 0 aromatic carbocycles. The van der Waals surface area contributed by atoms with Crippen LogP contribution in [0.3, 0.4) is 0 Å². The molecule has 4 rings (SSSR count). The monoisotopic (exact) mass is 273 g/mol. The second-order valence-corrected chi connectivity index (χ2v) is 6.87. The van der Waals surface area contributed by atoms with Crippen molar-refractivity contribution in [1.82, 2.24) is 9.78 Å². The van der Waals surface area contributed by atoms with Gasteiger partial charge in [-0.2, -0.15) is 5.10 Å². The van der Waals surface area contributed by atoms with Gasteiger partial charge in [0.15, 0.2) is 0 Å². The van der Waals surface area contributed by atoms with Crippen molar-refractivity contribution >= 4 is 11.7 Å². The number of amides is 1. The summed E-state index contributed by atoms with van der Waals surface area (Å²) in [5.74, 6) is 2.85. The van der Waals surface area contributed by atoms with Crippen LogP contribution in [0.1, 0.15) is 57.4 Å². The molecule has 0 spiro atoms. The number of rotatable bonds is 3. The smallest absolute Gasteiger partial charge is 0.228 e. The Morgan fingerprint density at radius 2 is 2.05 bits per heavy atom. The zero-order valence-electron chi connectivity index (χ0n) is 11.9. The van der Waals surface area contributed by atoms with E-state index in [0.29, 0.717) is 12.0 Å². The number of nitrogens with one attached hydrogen (secondary N) is 1. The Hall–Kier alpha value is -1.32. The summed E-state index contributed by atoms with van der Waals surface area (Å²) >= 11 is 0.